The average molecular weight is 422 g/mol. The molecule has 1 aliphatic carbocycles. The molecule has 0 spiro atoms. The minimum absolute atomic E-state index is 0.00202. The number of hydrogen-bond acceptors (Lipinski definition) is 3. The Hall–Kier alpha value is -2.82. The zero-order valence-electron chi connectivity index (χ0n) is 18.4. The summed E-state index contributed by atoms with van der Waals surface area (Å²) in [6, 6.07) is 18.7. The number of carbonyl (C=O) groups excluding carboxylic acids is 1. The summed E-state index contributed by atoms with van der Waals surface area (Å²) in [7, 11) is 0. The second-order valence-corrected chi connectivity index (χ2v) is 8.68. The topological polar surface area (TPSA) is 87.7 Å². The largest absolute Gasteiger partial charge is 0.409 e. The van der Waals surface area contributed by atoms with Gasteiger partial charge in [-0.25, -0.2) is 0 Å². The number of nitrogens with one attached hydrogen (secondary N) is 1. The summed E-state index contributed by atoms with van der Waals surface area (Å²) < 4.78 is 0. The molecular weight excluding hydrogens is 386 g/mol. The predicted molar refractivity (Wildman–Crippen MR) is 126 cm³/mol. The first-order valence-electron chi connectivity index (χ1n) is 11.6. The van der Waals surface area contributed by atoms with E-state index in [1.54, 1.807) is 0 Å². The number of aryl methyl sites for hydroxylation is 2. The van der Waals surface area contributed by atoms with E-state index in [0.717, 1.165) is 12.1 Å². The van der Waals surface area contributed by atoms with Gasteiger partial charge in [0.25, 0.3) is 0 Å². The van der Waals surface area contributed by atoms with Crippen LogP contribution in [0.1, 0.15) is 68.9 Å². The van der Waals surface area contributed by atoms with Crippen molar-refractivity contribution in [2.24, 2.45) is 16.3 Å². The predicted octanol–water partition coefficient (Wildman–Crippen LogP) is 5.67. The fourth-order valence-corrected chi connectivity index (χ4v) is 4.01. The van der Waals surface area contributed by atoms with E-state index in [4.69, 9.17) is 10.9 Å². The van der Waals surface area contributed by atoms with Crippen LogP contribution in [0.2, 0.25) is 0 Å². The van der Waals surface area contributed by atoms with Crippen molar-refractivity contribution in [3.8, 4) is 0 Å². The Kier molecular flexibility index (Phi) is 8.51. The average Bonchev–Trinajstić information content (AvgIpc) is 3.61. The number of oxime groups is 1. The summed E-state index contributed by atoms with van der Waals surface area (Å²) in [4.78, 5) is 12.4. The van der Waals surface area contributed by atoms with Crippen LogP contribution in [0.4, 0.5) is 5.69 Å². The molecule has 0 unspecified atom stereocenters. The summed E-state index contributed by atoms with van der Waals surface area (Å²) in [6.07, 6.45) is 12.5. The van der Waals surface area contributed by atoms with Gasteiger partial charge in [-0.2, -0.15) is 0 Å². The van der Waals surface area contributed by atoms with Gasteiger partial charge in [0, 0.05) is 5.69 Å². The van der Waals surface area contributed by atoms with Gasteiger partial charge in [0.05, 0.1) is 0 Å². The fourth-order valence-electron chi connectivity index (χ4n) is 4.01. The van der Waals surface area contributed by atoms with Crippen LogP contribution in [0.25, 0.3) is 0 Å². The number of benzene rings is 2. The molecule has 31 heavy (non-hydrogen) atoms. The Bertz CT molecular complexity index is 843. The lowest BCUT2D eigenvalue weighted by Gasteiger charge is -2.14. The van der Waals surface area contributed by atoms with E-state index < -0.39 is 5.41 Å². The van der Waals surface area contributed by atoms with Gasteiger partial charge in [-0.3, -0.25) is 4.79 Å². The molecule has 0 bridgehead atoms. The van der Waals surface area contributed by atoms with E-state index in [9.17, 15) is 4.79 Å². The van der Waals surface area contributed by atoms with E-state index in [1.807, 2.05) is 12.1 Å². The Balaban J connectivity index is 1.25. The molecule has 2 aromatic carbocycles. The Labute approximate surface area is 185 Å². The molecular formula is C26H35N3O2. The van der Waals surface area contributed by atoms with Crippen LogP contribution in [0, 0.1) is 5.41 Å². The fraction of sp³-hybridized carbons (Fsp3) is 0.462. The van der Waals surface area contributed by atoms with Crippen LogP contribution in [0.5, 0.6) is 0 Å². The molecule has 0 saturated heterocycles. The third-order valence-corrected chi connectivity index (χ3v) is 6.27. The molecule has 1 fully saturated rings. The van der Waals surface area contributed by atoms with Gasteiger partial charge in [0.2, 0.25) is 5.91 Å². The maximum absolute atomic E-state index is 12.4. The monoisotopic (exact) mass is 421 g/mol. The lowest BCUT2D eigenvalue weighted by molar-refractivity contribution is -0.119. The van der Waals surface area contributed by atoms with Gasteiger partial charge < -0.3 is 16.3 Å². The Morgan fingerprint density at radius 3 is 1.87 bits per heavy atom. The van der Waals surface area contributed by atoms with Crippen molar-refractivity contribution in [3.05, 3.63) is 65.7 Å². The number of hydrogen-bond donors (Lipinski definition) is 3. The highest BCUT2D eigenvalue weighted by atomic mass is 16.4. The lowest BCUT2D eigenvalue weighted by atomic mass is 10.0. The Morgan fingerprint density at radius 1 is 0.839 bits per heavy atom. The highest BCUT2D eigenvalue weighted by Gasteiger charge is 2.54. The van der Waals surface area contributed by atoms with E-state index in [0.29, 0.717) is 12.8 Å². The number of anilines is 1. The molecule has 5 nitrogen and oxygen atoms in total. The van der Waals surface area contributed by atoms with E-state index >= 15 is 0 Å². The first kappa shape index (κ1) is 22.9. The summed E-state index contributed by atoms with van der Waals surface area (Å²) in [6.45, 7) is 0. The smallest absolute Gasteiger partial charge is 0.238 e. The lowest BCUT2D eigenvalue weighted by Crippen LogP contribution is -2.36. The third-order valence-electron chi connectivity index (χ3n) is 6.27. The van der Waals surface area contributed by atoms with Gasteiger partial charge in [0.1, 0.15) is 5.41 Å². The number of amidine groups is 1. The van der Waals surface area contributed by atoms with Gasteiger partial charge in [-0.05, 0) is 61.8 Å². The van der Waals surface area contributed by atoms with Crippen molar-refractivity contribution in [3.63, 3.8) is 0 Å². The molecule has 0 radical (unpaired) electrons. The first-order chi connectivity index (χ1) is 15.1. The number of rotatable bonds is 13. The highest BCUT2D eigenvalue weighted by Crippen LogP contribution is 2.46. The maximum atomic E-state index is 12.4. The number of amides is 1. The van der Waals surface area contributed by atoms with E-state index in [-0.39, 0.29) is 11.7 Å². The van der Waals surface area contributed by atoms with Gasteiger partial charge in [0.15, 0.2) is 5.84 Å². The van der Waals surface area contributed by atoms with Crippen LogP contribution in [0.15, 0.2) is 59.8 Å². The van der Waals surface area contributed by atoms with Gasteiger partial charge in [-0.15, -0.1) is 0 Å². The second kappa shape index (κ2) is 11.5. The summed E-state index contributed by atoms with van der Waals surface area (Å²) >= 11 is 0. The molecule has 5 heteroatoms. The minimum Gasteiger partial charge on any atom is -0.409 e. The molecule has 0 aromatic heterocycles. The summed E-state index contributed by atoms with van der Waals surface area (Å²) in [5.41, 5.74) is 8.33. The summed E-state index contributed by atoms with van der Waals surface area (Å²) in [5.74, 6) is -0.197. The molecule has 3 rings (SSSR count). The number of nitrogens with two attached hydrogens (primary N) is 1. The molecule has 0 aliphatic heterocycles. The zero-order chi connectivity index (χ0) is 21.9. The molecule has 1 saturated carbocycles. The molecule has 2 aromatic rings. The van der Waals surface area contributed by atoms with Crippen molar-refractivity contribution in [1.29, 1.82) is 0 Å². The normalized spacial score (nSPS) is 14.9. The second-order valence-electron chi connectivity index (χ2n) is 8.68. The van der Waals surface area contributed by atoms with Crippen LogP contribution >= 0.6 is 0 Å². The molecule has 4 N–H and O–H groups in total. The quantitative estimate of drug-likeness (QED) is 0.128. The number of nitrogens with zero attached hydrogens (tertiary/aromatic N) is 1. The van der Waals surface area contributed by atoms with Gasteiger partial charge >= 0.3 is 0 Å². The van der Waals surface area contributed by atoms with Crippen molar-refractivity contribution >= 4 is 17.4 Å². The van der Waals surface area contributed by atoms with Crippen molar-refractivity contribution in [2.45, 2.75) is 70.6 Å². The molecule has 1 amide bonds. The molecule has 166 valence electrons. The summed E-state index contributed by atoms with van der Waals surface area (Å²) in [5, 5.41) is 14.8. The zero-order valence-corrected chi connectivity index (χ0v) is 18.4. The SMILES string of the molecule is N/C(=N\O)C1(C(=O)Nc2ccc(CCCCCCCCCc3ccccc3)cc2)CC1. The van der Waals surface area contributed by atoms with Crippen LogP contribution in [0.3, 0.4) is 0 Å². The van der Waals surface area contributed by atoms with E-state index in [1.165, 1.54) is 62.5 Å². The van der Waals surface area contributed by atoms with Crippen molar-refractivity contribution in [2.75, 3.05) is 5.32 Å². The number of unbranched alkanes of at least 4 members (excludes halogenated alkanes) is 6. The van der Waals surface area contributed by atoms with Crippen LogP contribution < -0.4 is 11.1 Å². The van der Waals surface area contributed by atoms with Crippen molar-refractivity contribution < 1.29 is 10.0 Å². The van der Waals surface area contributed by atoms with Gasteiger partial charge in [-0.1, -0.05) is 79.7 Å². The minimum atomic E-state index is -0.824. The van der Waals surface area contributed by atoms with Crippen LogP contribution in [-0.2, 0) is 17.6 Å². The molecule has 1 aliphatic rings. The Morgan fingerprint density at radius 2 is 1.35 bits per heavy atom. The molecule has 0 heterocycles. The number of carbonyl (C=O) groups is 1. The van der Waals surface area contributed by atoms with Crippen molar-refractivity contribution in [1.82, 2.24) is 0 Å². The maximum Gasteiger partial charge on any atom is 0.238 e. The van der Waals surface area contributed by atoms with E-state index in [2.05, 4.69) is 52.9 Å². The third kappa shape index (κ3) is 6.84. The standard InChI is InChI=1S/C26H35N3O2/c27-24(29-31)26(19-20-26)25(30)28-23-17-15-22(16-18-23)14-8-5-3-1-2-4-7-11-21-12-9-6-10-13-21/h6,9-10,12-13,15-18,31H,1-5,7-8,11,14,19-20H2,(H2,27,29)(H,28,30). The highest BCUT2D eigenvalue weighted by molar-refractivity contribution is 6.14. The van der Waals surface area contributed by atoms with Crippen LogP contribution in [-0.4, -0.2) is 17.0 Å². The molecule has 0 atom stereocenters. The first-order valence-corrected chi connectivity index (χ1v) is 11.6.